The van der Waals surface area contributed by atoms with Gasteiger partial charge in [-0.25, -0.2) is 5.43 Å². The third-order valence-electron chi connectivity index (χ3n) is 3.28. The first-order valence-corrected chi connectivity index (χ1v) is 7.84. The number of carbonyl (C=O) groups is 1. The average Bonchev–Trinajstić information content (AvgIpc) is 2.63. The van der Waals surface area contributed by atoms with E-state index in [0.29, 0.717) is 38.4 Å². The van der Waals surface area contributed by atoms with Crippen LogP contribution >= 0.6 is 23.2 Å². The summed E-state index contributed by atoms with van der Waals surface area (Å²) >= 11 is 12.0. The number of benzene rings is 2. The van der Waals surface area contributed by atoms with Crippen molar-refractivity contribution in [3.8, 4) is 17.2 Å². The zero-order valence-corrected chi connectivity index (χ0v) is 15.3. The Bertz CT molecular complexity index is 784. The molecule has 6 nitrogen and oxygen atoms in total. The van der Waals surface area contributed by atoms with Crippen LogP contribution in [0.2, 0.25) is 10.0 Å². The molecule has 2 aromatic carbocycles. The fourth-order valence-corrected chi connectivity index (χ4v) is 2.41. The Morgan fingerprint density at radius 3 is 2.28 bits per heavy atom. The highest BCUT2D eigenvalue weighted by atomic mass is 35.5. The van der Waals surface area contributed by atoms with Crippen LogP contribution in [0.3, 0.4) is 0 Å². The number of rotatable bonds is 6. The van der Waals surface area contributed by atoms with Gasteiger partial charge in [0.1, 0.15) is 0 Å². The van der Waals surface area contributed by atoms with Gasteiger partial charge in [0.15, 0.2) is 11.5 Å². The smallest absolute Gasteiger partial charge is 0.271 e. The minimum absolute atomic E-state index is 0.295. The molecule has 0 aliphatic rings. The normalized spacial score (nSPS) is 10.6. The first-order valence-electron chi connectivity index (χ1n) is 7.09. The lowest BCUT2D eigenvalue weighted by atomic mass is 10.1. The van der Waals surface area contributed by atoms with Gasteiger partial charge in [-0.05, 0) is 18.2 Å². The monoisotopic (exact) mass is 382 g/mol. The number of methoxy groups -OCH3 is 3. The van der Waals surface area contributed by atoms with E-state index < -0.39 is 5.91 Å². The van der Waals surface area contributed by atoms with Gasteiger partial charge in [-0.2, -0.15) is 5.10 Å². The Labute approximate surface area is 155 Å². The van der Waals surface area contributed by atoms with Crippen molar-refractivity contribution in [1.82, 2.24) is 5.43 Å². The van der Waals surface area contributed by atoms with Crippen molar-refractivity contribution < 1.29 is 19.0 Å². The maximum Gasteiger partial charge on any atom is 0.271 e. The summed E-state index contributed by atoms with van der Waals surface area (Å²) in [4.78, 5) is 12.3. The van der Waals surface area contributed by atoms with Crippen LogP contribution in [0.4, 0.5) is 0 Å². The van der Waals surface area contributed by atoms with Gasteiger partial charge in [0.25, 0.3) is 5.91 Å². The number of hydrogen-bond acceptors (Lipinski definition) is 5. The van der Waals surface area contributed by atoms with Crippen molar-refractivity contribution >= 4 is 35.3 Å². The van der Waals surface area contributed by atoms with Crippen LogP contribution in [0.25, 0.3) is 0 Å². The van der Waals surface area contributed by atoms with Crippen LogP contribution in [0.1, 0.15) is 15.9 Å². The topological polar surface area (TPSA) is 69.2 Å². The number of halogens is 2. The van der Waals surface area contributed by atoms with E-state index in [0.717, 1.165) is 0 Å². The molecule has 0 aliphatic carbocycles. The number of ether oxygens (including phenoxy) is 3. The molecule has 0 spiro atoms. The van der Waals surface area contributed by atoms with E-state index in [1.165, 1.54) is 39.7 Å². The maximum absolute atomic E-state index is 12.3. The summed E-state index contributed by atoms with van der Waals surface area (Å²) in [6, 6.07) is 8.17. The maximum atomic E-state index is 12.3. The number of hydrogen-bond donors (Lipinski definition) is 1. The van der Waals surface area contributed by atoms with E-state index in [9.17, 15) is 4.79 Å². The van der Waals surface area contributed by atoms with Gasteiger partial charge >= 0.3 is 0 Å². The summed E-state index contributed by atoms with van der Waals surface area (Å²) < 4.78 is 15.7. The van der Waals surface area contributed by atoms with Crippen LogP contribution < -0.4 is 19.6 Å². The zero-order valence-electron chi connectivity index (χ0n) is 13.8. The third kappa shape index (κ3) is 4.35. The fraction of sp³-hybridized carbons (Fsp3) is 0.176. The highest BCUT2D eigenvalue weighted by Crippen LogP contribution is 2.38. The molecule has 25 heavy (non-hydrogen) atoms. The predicted octanol–water partition coefficient (Wildman–Crippen LogP) is 3.78. The molecule has 0 saturated carbocycles. The molecule has 0 saturated heterocycles. The highest BCUT2D eigenvalue weighted by molar-refractivity contribution is 6.43. The molecule has 0 radical (unpaired) electrons. The number of hydrazone groups is 1. The van der Waals surface area contributed by atoms with E-state index in [1.54, 1.807) is 18.2 Å². The Balaban J connectivity index is 2.21. The molecule has 0 aromatic heterocycles. The van der Waals surface area contributed by atoms with Gasteiger partial charge in [-0.3, -0.25) is 4.79 Å². The average molecular weight is 383 g/mol. The molecule has 0 heterocycles. The molecule has 2 rings (SSSR count). The van der Waals surface area contributed by atoms with Crippen molar-refractivity contribution in [2.75, 3.05) is 21.3 Å². The molecule has 0 atom stereocenters. The second-order valence-corrected chi connectivity index (χ2v) is 5.54. The number of carbonyl (C=O) groups excluding carboxylic acids is 1. The van der Waals surface area contributed by atoms with E-state index in [1.807, 2.05) is 0 Å². The molecule has 1 amide bonds. The van der Waals surface area contributed by atoms with Gasteiger partial charge in [-0.15, -0.1) is 0 Å². The molecule has 132 valence electrons. The Kier molecular flexibility index (Phi) is 6.50. The molecule has 2 aromatic rings. The fourth-order valence-electron chi connectivity index (χ4n) is 2.06. The van der Waals surface area contributed by atoms with Crippen LogP contribution in [0.15, 0.2) is 35.4 Å². The Morgan fingerprint density at radius 1 is 1.08 bits per heavy atom. The van der Waals surface area contributed by atoms with Gasteiger partial charge in [0.05, 0.1) is 37.6 Å². The number of nitrogens with zero attached hydrogens (tertiary/aromatic N) is 1. The number of nitrogens with one attached hydrogen (secondary N) is 1. The molecule has 0 aliphatic heterocycles. The van der Waals surface area contributed by atoms with Gasteiger partial charge in [0, 0.05) is 11.1 Å². The van der Waals surface area contributed by atoms with Gasteiger partial charge < -0.3 is 14.2 Å². The SMILES string of the molecule is COc1cc(C(=O)N/N=C/c2cccc(Cl)c2Cl)cc(OC)c1OC. The molecule has 1 N–H and O–H groups in total. The predicted molar refractivity (Wildman–Crippen MR) is 97.6 cm³/mol. The third-order valence-corrected chi connectivity index (χ3v) is 4.11. The minimum Gasteiger partial charge on any atom is -0.493 e. The van der Waals surface area contributed by atoms with E-state index in [4.69, 9.17) is 37.4 Å². The van der Waals surface area contributed by atoms with Crippen LogP contribution in [0.5, 0.6) is 17.2 Å². The van der Waals surface area contributed by atoms with Crippen LogP contribution in [0, 0.1) is 0 Å². The summed E-state index contributed by atoms with van der Waals surface area (Å²) in [7, 11) is 4.43. The van der Waals surface area contributed by atoms with Gasteiger partial charge in [0.2, 0.25) is 5.75 Å². The minimum atomic E-state index is -0.450. The van der Waals surface area contributed by atoms with Crippen molar-refractivity contribution in [2.24, 2.45) is 5.10 Å². The summed E-state index contributed by atoms with van der Waals surface area (Å²) in [6.45, 7) is 0. The Morgan fingerprint density at radius 2 is 1.72 bits per heavy atom. The molecule has 8 heteroatoms. The number of amides is 1. The first kappa shape index (κ1) is 18.9. The Hall–Kier alpha value is -2.44. The molecule has 0 fully saturated rings. The molecular formula is C17H16Cl2N2O4. The largest absolute Gasteiger partial charge is 0.493 e. The second-order valence-electron chi connectivity index (χ2n) is 4.76. The highest BCUT2D eigenvalue weighted by Gasteiger charge is 2.16. The lowest BCUT2D eigenvalue weighted by molar-refractivity contribution is 0.0954. The standard InChI is InChI=1S/C17H16Cl2N2O4/c1-23-13-7-11(8-14(24-2)16(13)25-3)17(22)21-20-9-10-5-4-6-12(18)15(10)19/h4-9H,1-3H3,(H,21,22)/b20-9+. The van der Waals surface area contributed by atoms with E-state index in [-0.39, 0.29) is 0 Å². The van der Waals surface area contributed by atoms with Crippen molar-refractivity contribution in [1.29, 1.82) is 0 Å². The first-order chi connectivity index (χ1) is 12.0. The zero-order chi connectivity index (χ0) is 18.4. The van der Waals surface area contributed by atoms with Crippen molar-refractivity contribution in [2.45, 2.75) is 0 Å². The van der Waals surface area contributed by atoms with Crippen LogP contribution in [-0.4, -0.2) is 33.5 Å². The lowest BCUT2D eigenvalue weighted by Crippen LogP contribution is -2.18. The summed E-state index contributed by atoms with van der Waals surface area (Å²) in [6.07, 6.45) is 1.41. The van der Waals surface area contributed by atoms with Crippen LogP contribution in [-0.2, 0) is 0 Å². The molecule has 0 bridgehead atoms. The molecular weight excluding hydrogens is 367 g/mol. The summed E-state index contributed by atoms with van der Waals surface area (Å²) in [5, 5.41) is 4.65. The summed E-state index contributed by atoms with van der Waals surface area (Å²) in [5.74, 6) is 0.687. The second kappa shape index (κ2) is 8.60. The lowest BCUT2D eigenvalue weighted by Gasteiger charge is -2.13. The van der Waals surface area contributed by atoms with Crippen molar-refractivity contribution in [3.63, 3.8) is 0 Å². The summed E-state index contributed by atoms with van der Waals surface area (Å²) in [5.41, 5.74) is 3.29. The van der Waals surface area contributed by atoms with Crippen molar-refractivity contribution in [3.05, 3.63) is 51.5 Å². The quantitative estimate of drug-likeness (QED) is 0.609. The molecule has 0 unspecified atom stereocenters. The van der Waals surface area contributed by atoms with E-state index in [2.05, 4.69) is 10.5 Å². The van der Waals surface area contributed by atoms with E-state index >= 15 is 0 Å². The van der Waals surface area contributed by atoms with Gasteiger partial charge in [-0.1, -0.05) is 35.3 Å².